The molecule has 0 aliphatic heterocycles. The zero-order valence-electron chi connectivity index (χ0n) is 11.4. The molecule has 1 aromatic carbocycles. The number of hydrogen-bond acceptors (Lipinski definition) is 5. The third-order valence-corrected chi connectivity index (χ3v) is 3.74. The molecule has 1 aliphatic carbocycles. The lowest BCUT2D eigenvalue weighted by atomic mass is 10.1. The summed E-state index contributed by atoms with van der Waals surface area (Å²) >= 11 is 5.91. The van der Waals surface area contributed by atoms with Gasteiger partial charge >= 0.3 is 0 Å². The molecule has 1 aromatic rings. The van der Waals surface area contributed by atoms with E-state index in [0.29, 0.717) is 6.54 Å². The Bertz CT molecular complexity index is 561. The average Bonchev–Trinajstić information content (AvgIpc) is 3.26. The SMILES string of the molecule is NNc1c(Cl)cc(C(=O)NCCCC2CC2)cc1[N+](=O)[O-]. The molecule has 0 atom stereocenters. The van der Waals surface area contributed by atoms with Crippen LogP contribution in [0.5, 0.6) is 0 Å². The minimum Gasteiger partial charge on any atom is -0.352 e. The van der Waals surface area contributed by atoms with Crippen molar-refractivity contribution >= 4 is 28.9 Å². The Labute approximate surface area is 127 Å². The normalized spacial score (nSPS) is 13.8. The maximum atomic E-state index is 12.0. The molecule has 0 heterocycles. The summed E-state index contributed by atoms with van der Waals surface area (Å²) in [5.74, 6) is 5.65. The van der Waals surface area contributed by atoms with Crippen LogP contribution in [0.3, 0.4) is 0 Å². The first-order valence-corrected chi connectivity index (χ1v) is 7.13. The van der Waals surface area contributed by atoms with Crippen molar-refractivity contribution in [2.45, 2.75) is 25.7 Å². The zero-order chi connectivity index (χ0) is 15.4. The monoisotopic (exact) mass is 312 g/mol. The van der Waals surface area contributed by atoms with Gasteiger partial charge in [0.1, 0.15) is 5.69 Å². The van der Waals surface area contributed by atoms with Crippen LogP contribution in [0.4, 0.5) is 11.4 Å². The highest BCUT2D eigenvalue weighted by molar-refractivity contribution is 6.34. The molecule has 0 saturated heterocycles. The molecule has 2 rings (SSSR count). The minimum atomic E-state index is -0.634. The minimum absolute atomic E-state index is 0.00745. The fraction of sp³-hybridized carbons (Fsp3) is 0.462. The standard InChI is InChI=1S/C13H17ClN4O3/c14-10-6-9(7-11(18(20)21)12(10)17-15)13(19)16-5-1-2-8-3-4-8/h6-8,17H,1-5,15H2,(H,16,19). The summed E-state index contributed by atoms with van der Waals surface area (Å²) in [5, 5.41) is 13.7. The number of hydrazine groups is 1. The van der Waals surface area contributed by atoms with Crippen molar-refractivity contribution in [3.63, 3.8) is 0 Å². The lowest BCUT2D eigenvalue weighted by molar-refractivity contribution is -0.384. The van der Waals surface area contributed by atoms with E-state index in [1.54, 1.807) is 0 Å². The largest absolute Gasteiger partial charge is 0.352 e. The molecule has 7 nitrogen and oxygen atoms in total. The van der Waals surface area contributed by atoms with Crippen molar-refractivity contribution in [3.05, 3.63) is 32.8 Å². The molecular weight excluding hydrogens is 296 g/mol. The lowest BCUT2D eigenvalue weighted by Gasteiger charge is -2.08. The van der Waals surface area contributed by atoms with Gasteiger partial charge in [0.2, 0.25) is 0 Å². The number of nitro benzene ring substituents is 1. The van der Waals surface area contributed by atoms with Crippen LogP contribution in [0.25, 0.3) is 0 Å². The van der Waals surface area contributed by atoms with Crippen LogP contribution in [0.1, 0.15) is 36.0 Å². The molecule has 0 spiro atoms. The number of nitrogens with two attached hydrogens (primary N) is 1. The fourth-order valence-electron chi connectivity index (χ4n) is 2.11. The van der Waals surface area contributed by atoms with E-state index in [1.165, 1.54) is 18.9 Å². The number of nitro groups is 1. The van der Waals surface area contributed by atoms with Crippen LogP contribution in [-0.4, -0.2) is 17.4 Å². The number of anilines is 1. The van der Waals surface area contributed by atoms with E-state index >= 15 is 0 Å². The van der Waals surface area contributed by atoms with E-state index < -0.39 is 4.92 Å². The van der Waals surface area contributed by atoms with Gasteiger partial charge in [-0.2, -0.15) is 0 Å². The number of carbonyl (C=O) groups is 1. The number of amides is 1. The summed E-state index contributed by atoms with van der Waals surface area (Å²) < 4.78 is 0. The quantitative estimate of drug-likeness (QED) is 0.310. The Balaban J connectivity index is 2.03. The van der Waals surface area contributed by atoms with Crippen molar-refractivity contribution in [2.75, 3.05) is 12.0 Å². The first kappa shape index (κ1) is 15.5. The van der Waals surface area contributed by atoms with Gasteiger partial charge in [-0.3, -0.25) is 20.8 Å². The molecule has 0 bridgehead atoms. The molecule has 4 N–H and O–H groups in total. The molecule has 1 aliphatic rings. The number of carbonyl (C=O) groups excluding carboxylic acids is 1. The van der Waals surface area contributed by atoms with Crippen molar-refractivity contribution in [1.82, 2.24) is 5.32 Å². The van der Waals surface area contributed by atoms with Crippen LogP contribution < -0.4 is 16.6 Å². The summed E-state index contributed by atoms with van der Waals surface area (Å²) in [6.45, 7) is 0.553. The summed E-state index contributed by atoms with van der Waals surface area (Å²) in [4.78, 5) is 22.3. The Kier molecular flexibility index (Phi) is 4.98. The second kappa shape index (κ2) is 6.73. The molecule has 1 fully saturated rings. The van der Waals surface area contributed by atoms with Gasteiger partial charge in [-0.15, -0.1) is 0 Å². The smallest absolute Gasteiger partial charge is 0.295 e. The lowest BCUT2D eigenvalue weighted by Crippen LogP contribution is -2.24. The van der Waals surface area contributed by atoms with E-state index in [2.05, 4.69) is 10.7 Å². The van der Waals surface area contributed by atoms with E-state index in [4.69, 9.17) is 17.4 Å². The Hall–Kier alpha value is -1.86. The van der Waals surface area contributed by atoms with Crippen molar-refractivity contribution in [3.8, 4) is 0 Å². The highest BCUT2D eigenvalue weighted by Gasteiger charge is 2.22. The average molecular weight is 313 g/mol. The predicted molar refractivity (Wildman–Crippen MR) is 80.2 cm³/mol. The molecule has 1 amide bonds. The Morgan fingerprint density at radius 2 is 2.19 bits per heavy atom. The number of nitrogens with zero attached hydrogens (tertiary/aromatic N) is 1. The first-order chi connectivity index (χ1) is 10.0. The number of nitrogen functional groups attached to an aromatic ring is 1. The van der Waals surface area contributed by atoms with Crippen molar-refractivity contribution in [1.29, 1.82) is 0 Å². The van der Waals surface area contributed by atoms with Gasteiger partial charge in [0.05, 0.1) is 9.95 Å². The highest BCUT2D eigenvalue weighted by atomic mass is 35.5. The van der Waals surface area contributed by atoms with Gasteiger partial charge in [0, 0.05) is 18.2 Å². The summed E-state index contributed by atoms with van der Waals surface area (Å²) in [6, 6.07) is 2.53. The van der Waals surface area contributed by atoms with Crippen LogP contribution in [0.2, 0.25) is 5.02 Å². The zero-order valence-corrected chi connectivity index (χ0v) is 12.2. The highest BCUT2D eigenvalue weighted by Crippen LogP contribution is 2.34. The molecule has 0 aromatic heterocycles. The van der Waals surface area contributed by atoms with Gasteiger partial charge in [0.15, 0.2) is 0 Å². The maximum Gasteiger partial charge on any atom is 0.295 e. The van der Waals surface area contributed by atoms with Crippen LogP contribution in [0.15, 0.2) is 12.1 Å². The molecule has 21 heavy (non-hydrogen) atoms. The topological polar surface area (TPSA) is 110 Å². The van der Waals surface area contributed by atoms with Crippen molar-refractivity contribution in [2.24, 2.45) is 11.8 Å². The molecular formula is C13H17ClN4O3. The van der Waals surface area contributed by atoms with E-state index in [1.807, 2.05) is 0 Å². The molecule has 1 saturated carbocycles. The molecule has 0 unspecified atom stereocenters. The maximum absolute atomic E-state index is 12.0. The number of hydrogen-bond donors (Lipinski definition) is 3. The Morgan fingerprint density at radius 1 is 1.48 bits per heavy atom. The number of halogens is 1. The van der Waals surface area contributed by atoms with Gasteiger partial charge < -0.3 is 10.7 Å². The van der Waals surface area contributed by atoms with E-state index in [9.17, 15) is 14.9 Å². The van der Waals surface area contributed by atoms with Crippen molar-refractivity contribution < 1.29 is 9.72 Å². The van der Waals surface area contributed by atoms with E-state index in [-0.39, 0.29) is 27.9 Å². The third kappa shape index (κ3) is 4.05. The van der Waals surface area contributed by atoms with Gasteiger partial charge in [-0.05, 0) is 24.8 Å². The molecule has 114 valence electrons. The van der Waals surface area contributed by atoms with Crippen LogP contribution >= 0.6 is 11.6 Å². The summed E-state index contributed by atoms with van der Waals surface area (Å²) in [7, 11) is 0. The number of rotatable bonds is 7. The van der Waals surface area contributed by atoms with Gasteiger partial charge in [0.25, 0.3) is 11.6 Å². The van der Waals surface area contributed by atoms with Crippen LogP contribution in [0, 0.1) is 16.0 Å². The number of benzene rings is 1. The van der Waals surface area contributed by atoms with E-state index in [0.717, 1.165) is 24.8 Å². The fourth-order valence-corrected chi connectivity index (χ4v) is 2.38. The molecule has 8 heteroatoms. The third-order valence-electron chi connectivity index (χ3n) is 3.44. The number of nitrogens with one attached hydrogen (secondary N) is 2. The van der Waals surface area contributed by atoms with Crippen LogP contribution in [-0.2, 0) is 0 Å². The van der Waals surface area contributed by atoms with Gasteiger partial charge in [-0.25, -0.2) is 0 Å². The predicted octanol–water partition coefficient (Wildman–Crippen LogP) is 2.45. The summed E-state index contributed by atoms with van der Waals surface area (Å²) in [5.41, 5.74) is 1.99. The summed E-state index contributed by atoms with van der Waals surface area (Å²) in [6.07, 6.45) is 4.58. The second-order valence-corrected chi connectivity index (χ2v) is 5.50. The van der Waals surface area contributed by atoms with Gasteiger partial charge in [-0.1, -0.05) is 24.4 Å². The second-order valence-electron chi connectivity index (χ2n) is 5.10. The first-order valence-electron chi connectivity index (χ1n) is 6.75. The Morgan fingerprint density at radius 3 is 2.76 bits per heavy atom. The molecule has 0 radical (unpaired) electrons.